The van der Waals surface area contributed by atoms with Crippen LogP contribution in [-0.2, 0) is 13.5 Å². The van der Waals surface area contributed by atoms with Gasteiger partial charge in [0.25, 0.3) is 0 Å². The van der Waals surface area contributed by atoms with Gasteiger partial charge in [0, 0.05) is 19.0 Å². The normalized spacial score (nSPS) is 10.8. The van der Waals surface area contributed by atoms with Gasteiger partial charge in [-0.25, -0.2) is 9.37 Å². The molecule has 2 N–H and O–H groups in total. The molecule has 0 saturated carbocycles. The predicted molar refractivity (Wildman–Crippen MR) is 69.1 cm³/mol. The van der Waals surface area contributed by atoms with Gasteiger partial charge in [-0.1, -0.05) is 12.1 Å². The molecule has 1 heterocycles. The number of imidazole rings is 1. The van der Waals surface area contributed by atoms with E-state index in [1.807, 2.05) is 11.6 Å². The lowest BCUT2D eigenvalue weighted by atomic mass is 10.1. The number of rotatable bonds is 3. The van der Waals surface area contributed by atoms with Gasteiger partial charge >= 0.3 is 0 Å². The summed E-state index contributed by atoms with van der Waals surface area (Å²) >= 11 is 3.43. The van der Waals surface area contributed by atoms with Gasteiger partial charge in [0.15, 0.2) is 0 Å². The smallest absolute Gasteiger partial charge is 0.132 e. The van der Waals surface area contributed by atoms with Gasteiger partial charge in [0.1, 0.15) is 21.9 Å². The molecule has 0 saturated heterocycles. The number of aromatic nitrogens is 2. The summed E-state index contributed by atoms with van der Waals surface area (Å²) in [6.45, 7) is 0.522. The van der Waals surface area contributed by atoms with E-state index < -0.39 is 0 Å². The van der Waals surface area contributed by atoms with Crippen molar-refractivity contribution in [3.63, 3.8) is 0 Å². The highest BCUT2D eigenvalue weighted by atomic mass is 79.9. The molecule has 90 valence electrons. The molecule has 1 aromatic carbocycles. The molecule has 0 spiro atoms. The third kappa shape index (κ3) is 2.25. The van der Waals surface area contributed by atoms with Crippen LogP contribution in [0.2, 0.25) is 0 Å². The molecular formula is C12H13BrFN3. The second-order valence-electron chi connectivity index (χ2n) is 3.74. The molecule has 0 atom stereocenters. The Labute approximate surface area is 108 Å². The fourth-order valence-electron chi connectivity index (χ4n) is 1.70. The first-order chi connectivity index (χ1) is 8.15. The topological polar surface area (TPSA) is 43.8 Å². The molecular weight excluding hydrogens is 285 g/mol. The van der Waals surface area contributed by atoms with E-state index in [0.717, 1.165) is 10.4 Å². The fourth-order valence-corrected chi connectivity index (χ4v) is 2.21. The number of nitrogens with zero attached hydrogens (tertiary/aromatic N) is 2. The molecule has 0 radical (unpaired) electrons. The minimum absolute atomic E-state index is 0.273. The Morgan fingerprint density at radius 1 is 1.41 bits per heavy atom. The van der Waals surface area contributed by atoms with Crippen molar-refractivity contribution >= 4 is 15.9 Å². The summed E-state index contributed by atoms with van der Waals surface area (Å²) in [5.74, 6) is 0.572. The fraction of sp³-hybridized carbons (Fsp3) is 0.250. The third-order valence-corrected chi connectivity index (χ3v) is 3.52. The van der Waals surface area contributed by atoms with Gasteiger partial charge in [0.2, 0.25) is 0 Å². The van der Waals surface area contributed by atoms with E-state index in [4.69, 9.17) is 5.73 Å². The summed E-state index contributed by atoms with van der Waals surface area (Å²) in [6, 6.07) is 6.60. The highest BCUT2D eigenvalue weighted by Gasteiger charge is 2.16. The first kappa shape index (κ1) is 12.3. The Bertz CT molecular complexity index is 537. The van der Waals surface area contributed by atoms with Gasteiger partial charge in [-0.15, -0.1) is 0 Å². The third-order valence-electron chi connectivity index (χ3n) is 2.61. The van der Waals surface area contributed by atoms with Gasteiger partial charge in [-0.05, 0) is 34.6 Å². The molecule has 0 aliphatic carbocycles. The second kappa shape index (κ2) is 4.98. The number of hydrogen-bond donors (Lipinski definition) is 1. The van der Waals surface area contributed by atoms with Crippen LogP contribution in [0.1, 0.15) is 5.82 Å². The molecule has 0 fully saturated rings. The van der Waals surface area contributed by atoms with Crippen molar-refractivity contribution in [1.29, 1.82) is 0 Å². The Hall–Kier alpha value is -1.20. The average Bonchev–Trinajstić information content (AvgIpc) is 2.59. The highest BCUT2D eigenvalue weighted by Crippen LogP contribution is 2.29. The molecule has 17 heavy (non-hydrogen) atoms. The van der Waals surface area contributed by atoms with Crippen LogP contribution in [0, 0.1) is 5.82 Å². The maximum absolute atomic E-state index is 13.7. The van der Waals surface area contributed by atoms with Crippen molar-refractivity contribution in [2.24, 2.45) is 12.8 Å². The quantitative estimate of drug-likeness (QED) is 0.946. The average molecular weight is 298 g/mol. The molecule has 0 amide bonds. The lowest BCUT2D eigenvalue weighted by Crippen LogP contribution is -2.07. The molecule has 2 rings (SSSR count). The Kier molecular flexibility index (Phi) is 3.59. The van der Waals surface area contributed by atoms with E-state index >= 15 is 0 Å². The zero-order valence-corrected chi connectivity index (χ0v) is 11.0. The summed E-state index contributed by atoms with van der Waals surface area (Å²) in [4.78, 5) is 4.43. The minimum Gasteiger partial charge on any atom is -0.330 e. The van der Waals surface area contributed by atoms with Crippen LogP contribution in [0.3, 0.4) is 0 Å². The molecule has 0 aliphatic heterocycles. The number of benzene rings is 1. The second-order valence-corrected chi connectivity index (χ2v) is 4.50. The van der Waals surface area contributed by atoms with Crippen molar-refractivity contribution in [3.05, 3.63) is 40.5 Å². The number of nitrogens with two attached hydrogens (primary N) is 1. The summed E-state index contributed by atoms with van der Waals surface area (Å²) in [7, 11) is 1.88. The minimum atomic E-state index is -0.273. The summed E-state index contributed by atoms with van der Waals surface area (Å²) in [5.41, 5.74) is 6.63. The Balaban J connectivity index is 2.53. The molecule has 2 aromatic rings. The summed E-state index contributed by atoms with van der Waals surface area (Å²) in [6.07, 6.45) is 0.670. The zero-order chi connectivity index (χ0) is 12.4. The van der Waals surface area contributed by atoms with Gasteiger partial charge in [0.05, 0.1) is 0 Å². The van der Waals surface area contributed by atoms with Crippen LogP contribution in [0.5, 0.6) is 0 Å². The monoisotopic (exact) mass is 297 g/mol. The van der Waals surface area contributed by atoms with E-state index in [1.165, 1.54) is 6.07 Å². The molecule has 5 heteroatoms. The van der Waals surface area contributed by atoms with E-state index in [2.05, 4.69) is 20.9 Å². The van der Waals surface area contributed by atoms with E-state index in [1.54, 1.807) is 18.2 Å². The first-order valence-electron chi connectivity index (χ1n) is 5.31. The maximum atomic E-state index is 13.7. The van der Waals surface area contributed by atoms with Crippen molar-refractivity contribution < 1.29 is 4.39 Å². The van der Waals surface area contributed by atoms with Crippen molar-refractivity contribution in [3.8, 4) is 11.3 Å². The van der Waals surface area contributed by atoms with Crippen molar-refractivity contribution in [2.75, 3.05) is 6.54 Å². The SMILES string of the molecule is Cn1c(CCN)nc(-c2ccccc2F)c1Br. The van der Waals surface area contributed by atoms with E-state index in [-0.39, 0.29) is 5.82 Å². The summed E-state index contributed by atoms with van der Waals surface area (Å²) < 4.78 is 16.3. The highest BCUT2D eigenvalue weighted by molar-refractivity contribution is 9.10. The van der Waals surface area contributed by atoms with Crippen LogP contribution >= 0.6 is 15.9 Å². The standard InChI is InChI=1S/C12H13BrFN3/c1-17-10(6-7-15)16-11(12(17)13)8-4-2-3-5-9(8)14/h2-5H,6-7,15H2,1H3. The lowest BCUT2D eigenvalue weighted by molar-refractivity contribution is 0.630. The Morgan fingerprint density at radius 3 is 2.76 bits per heavy atom. The molecule has 1 aromatic heterocycles. The number of halogens is 2. The maximum Gasteiger partial charge on any atom is 0.132 e. The first-order valence-corrected chi connectivity index (χ1v) is 6.10. The van der Waals surface area contributed by atoms with Crippen molar-refractivity contribution in [1.82, 2.24) is 9.55 Å². The molecule has 0 aliphatic rings. The van der Waals surface area contributed by atoms with Crippen LogP contribution in [-0.4, -0.2) is 16.1 Å². The number of hydrogen-bond acceptors (Lipinski definition) is 2. The predicted octanol–water partition coefficient (Wildman–Crippen LogP) is 2.49. The van der Waals surface area contributed by atoms with E-state index in [9.17, 15) is 4.39 Å². The van der Waals surface area contributed by atoms with Crippen LogP contribution < -0.4 is 5.73 Å². The van der Waals surface area contributed by atoms with Gasteiger partial charge in [-0.2, -0.15) is 0 Å². The van der Waals surface area contributed by atoms with Crippen LogP contribution in [0.15, 0.2) is 28.9 Å². The molecule has 0 unspecified atom stereocenters. The summed E-state index contributed by atoms with van der Waals surface area (Å²) in [5, 5.41) is 0. The van der Waals surface area contributed by atoms with E-state index in [0.29, 0.717) is 24.2 Å². The largest absolute Gasteiger partial charge is 0.330 e. The van der Waals surface area contributed by atoms with Gasteiger partial charge < -0.3 is 10.3 Å². The van der Waals surface area contributed by atoms with Gasteiger partial charge in [-0.3, -0.25) is 0 Å². The van der Waals surface area contributed by atoms with Crippen LogP contribution in [0.25, 0.3) is 11.3 Å². The molecule has 0 bridgehead atoms. The van der Waals surface area contributed by atoms with Crippen LogP contribution in [0.4, 0.5) is 4.39 Å². The Morgan fingerprint density at radius 2 is 2.12 bits per heavy atom. The lowest BCUT2D eigenvalue weighted by Gasteiger charge is -2.00. The zero-order valence-electron chi connectivity index (χ0n) is 9.45. The van der Waals surface area contributed by atoms with Crippen molar-refractivity contribution in [2.45, 2.75) is 6.42 Å². The molecule has 3 nitrogen and oxygen atoms in total.